The van der Waals surface area contributed by atoms with Gasteiger partial charge in [0.1, 0.15) is 0 Å². The van der Waals surface area contributed by atoms with Gasteiger partial charge < -0.3 is 5.32 Å². The maximum Gasteiger partial charge on any atom is 0.273 e. The number of nitro benzene ring substituents is 1. The second kappa shape index (κ2) is 7.05. The summed E-state index contributed by atoms with van der Waals surface area (Å²) in [5.41, 5.74) is 3.03. The topological polar surface area (TPSA) is 72.2 Å². The van der Waals surface area contributed by atoms with Crippen molar-refractivity contribution in [1.29, 1.82) is 0 Å². The van der Waals surface area contributed by atoms with Gasteiger partial charge in [0.15, 0.2) is 0 Å². The van der Waals surface area contributed by atoms with Crippen LogP contribution in [0.15, 0.2) is 42.5 Å². The van der Waals surface area contributed by atoms with Crippen molar-refractivity contribution >= 4 is 11.6 Å². The summed E-state index contributed by atoms with van der Waals surface area (Å²) in [4.78, 5) is 22.7. The summed E-state index contributed by atoms with van der Waals surface area (Å²) < 4.78 is 0. The highest BCUT2D eigenvalue weighted by Crippen LogP contribution is 2.21. The molecule has 0 saturated carbocycles. The number of nitrogens with zero attached hydrogens (tertiary/aromatic N) is 1. The Kier molecular flexibility index (Phi) is 5.11. The van der Waals surface area contributed by atoms with Crippen LogP contribution in [0, 0.1) is 17.0 Å². The molecule has 0 aliphatic carbocycles. The summed E-state index contributed by atoms with van der Waals surface area (Å²) in [6.45, 7) is 6.25. The average Bonchev–Trinajstić information content (AvgIpc) is 2.52. The first-order valence-electron chi connectivity index (χ1n) is 7.51. The molecule has 0 saturated heterocycles. The van der Waals surface area contributed by atoms with Gasteiger partial charge in [-0.15, -0.1) is 0 Å². The molecule has 1 amide bonds. The Balaban J connectivity index is 2.15. The third-order valence-corrected chi connectivity index (χ3v) is 3.78. The summed E-state index contributed by atoms with van der Waals surface area (Å²) in [7, 11) is 0. The molecule has 1 N–H and O–H groups in total. The van der Waals surface area contributed by atoms with Crippen LogP contribution in [0.25, 0.3) is 0 Å². The van der Waals surface area contributed by atoms with Gasteiger partial charge in [0, 0.05) is 23.7 Å². The lowest BCUT2D eigenvalue weighted by molar-refractivity contribution is -0.385. The number of nitro groups is 1. The van der Waals surface area contributed by atoms with Crippen molar-refractivity contribution in [2.24, 2.45) is 0 Å². The minimum absolute atomic E-state index is 0.0415. The normalized spacial score (nSPS) is 10.6. The van der Waals surface area contributed by atoms with Gasteiger partial charge in [-0.25, -0.2) is 0 Å². The molecule has 0 fully saturated rings. The second-order valence-electron chi connectivity index (χ2n) is 5.79. The molecule has 2 aromatic rings. The van der Waals surface area contributed by atoms with Crippen molar-refractivity contribution in [3.63, 3.8) is 0 Å². The van der Waals surface area contributed by atoms with Gasteiger partial charge in [-0.05, 0) is 30.0 Å². The summed E-state index contributed by atoms with van der Waals surface area (Å²) in [5, 5.41) is 13.8. The molecule has 0 aliphatic rings. The second-order valence-corrected chi connectivity index (χ2v) is 5.79. The fourth-order valence-corrected chi connectivity index (χ4v) is 2.48. The van der Waals surface area contributed by atoms with Gasteiger partial charge in [0.25, 0.3) is 11.6 Å². The van der Waals surface area contributed by atoms with E-state index < -0.39 is 4.92 Å². The van der Waals surface area contributed by atoms with Crippen molar-refractivity contribution in [2.45, 2.75) is 33.2 Å². The van der Waals surface area contributed by atoms with Crippen LogP contribution < -0.4 is 5.32 Å². The van der Waals surface area contributed by atoms with E-state index in [1.807, 2.05) is 24.3 Å². The van der Waals surface area contributed by atoms with Crippen molar-refractivity contribution in [2.75, 3.05) is 0 Å². The predicted molar refractivity (Wildman–Crippen MR) is 89.5 cm³/mol. The lowest BCUT2D eigenvalue weighted by atomic mass is 9.97. The standard InChI is InChI=1S/C18H20N2O3/c1-12(2)16-7-5-4-6-15(16)11-19-18(21)14-9-8-13(3)17(10-14)20(22)23/h4-10,12H,11H2,1-3H3,(H,19,21). The van der Waals surface area contributed by atoms with Gasteiger partial charge in [-0.1, -0.05) is 44.2 Å². The van der Waals surface area contributed by atoms with Crippen molar-refractivity contribution in [3.05, 3.63) is 74.8 Å². The van der Waals surface area contributed by atoms with E-state index in [-0.39, 0.29) is 11.6 Å². The van der Waals surface area contributed by atoms with E-state index in [1.54, 1.807) is 19.1 Å². The minimum Gasteiger partial charge on any atom is -0.348 e. The van der Waals surface area contributed by atoms with Gasteiger partial charge in [0.05, 0.1) is 4.92 Å². The Morgan fingerprint density at radius 1 is 1.22 bits per heavy atom. The third kappa shape index (κ3) is 3.94. The molecule has 0 unspecified atom stereocenters. The zero-order valence-electron chi connectivity index (χ0n) is 13.5. The number of carbonyl (C=O) groups is 1. The summed E-state index contributed by atoms with van der Waals surface area (Å²) in [5.74, 6) is 0.0511. The predicted octanol–water partition coefficient (Wildman–Crippen LogP) is 3.96. The number of hydrogen-bond acceptors (Lipinski definition) is 3. The van der Waals surface area contributed by atoms with E-state index in [9.17, 15) is 14.9 Å². The Morgan fingerprint density at radius 3 is 2.57 bits per heavy atom. The van der Waals surface area contributed by atoms with Crippen molar-refractivity contribution in [1.82, 2.24) is 5.32 Å². The molecule has 5 nitrogen and oxygen atoms in total. The number of hydrogen-bond donors (Lipinski definition) is 1. The molecule has 2 aromatic carbocycles. The molecule has 23 heavy (non-hydrogen) atoms. The molecule has 0 spiro atoms. The molecular weight excluding hydrogens is 292 g/mol. The number of amides is 1. The number of benzene rings is 2. The number of carbonyl (C=O) groups excluding carboxylic acids is 1. The van der Waals surface area contributed by atoms with E-state index in [0.717, 1.165) is 5.56 Å². The van der Waals surface area contributed by atoms with Gasteiger partial charge in [-0.2, -0.15) is 0 Å². The highest BCUT2D eigenvalue weighted by molar-refractivity contribution is 5.94. The first-order valence-corrected chi connectivity index (χ1v) is 7.51. The smallest absolute Gasteiger partial charge is 0.273 e. The van der Waals surface area contributed by atoms with Crippen LogP contribution in [-0.4, -0.2) is 10.8 Å². The highest BCUT2D eigenvalue weighted by Gasteiger charge is 2.15. The van der Waals surface area contributed by atoms with Crippen molar-refractivity contribution < 1.29 is 9.72 Å². The molecule has 0 aromatic heterocycles. The molecule has 0 atom stereocenters. The van der Waals surface area contributed by atoms with Crippen LogP contribution in [0.4, 0.5) is 5.69 Å². The van der Waals surface area contributed by atoms with Crippen LogP contribution >= 0.6 is 0 Å². The summed E-state index contributed by atoms with van der Waals surface area (Å²) in [6.07, 6.45) is 0. The monoisotopic (exact) mass is 312 g/mol. The van der Waals surface area contributed by atoms with E-state index in [1.165, 1.54) is 11.6 Å². The number of aryl methyl sites for hydroxylation is 1. The number of rotatable bonds is 5. The van der Waals surface area contributed by atoms with Gasteiger partial charge in [0.2, 0.25) is 0 Å². The molecule has 120 valence electrons. The quantitative estimate of drug-likeness (QED) is 0.671. The van der Waals surface area contributed by atoms with Crippen LogP contribution in [0.1, 0.15) is 46.8 Å². The van der Waals surface area contributed by atoms with Crippen LogP contribution in [0.3, 0.4) is 0 Å². The molecule has 5 heteroatoms. The van der Waals surface area contributed by atoms with Crippen LogP contribution in [0.5, 0.6) is 0 Å². The molecule has 0 aliphatic heterocycles. The van der Waals surface area contributed by atoms with E-state index in [0.29, 0.717) is 23.6 Å². The molecule has 0 heterocycles. The lowest BCUT2D eigenvalue weighted by Crippen LogP contribution is -2.23. The largest absolute Gasteiger partial charge is 0.348 e. The first-order chi connectivity index (χ1) is 10.9. The average molecular weight is 312 g/mol. The Hall–Kier alpha value is -2.69. The first kappa shape index (κ1) is 16.7. The fraction of sp³-hybridized carbons (Fsp3) is 0.278. The summed E-state index contributed by atoms with van der Waals surface area (Å²) >= 11 is 0. The lowest BCUT2D eigenvalue weighted by Gasteiger charge is -2.13. The molecule has 0 radical (unpaired) electrons. The Morgan fingerprint density at radius 2 is 1.91 bits per heavy atom. The SMILES string of the molecule is Cc1ccc(C(=O)NCc2ccccc2C(C)C)cc1[N+](=O)[O-]. The summed E-state index contributed by atoms with van der Waals surface area (Å²) in [6, 6.07) is 12.4. The third-order valence-electron chi connectivity index (χ3n) is 3.78. The van der Waals surface area contributed by atoms with Crippen molar-refractivity contribution in [3.8, 4) is 0 Å². The van der Waals surface area contributed by atoms with Gasteiger partial charge >= 0.3 is 0 Å². The van der Waals surface area contributed by atoms with Crippen LogP contribution in [0.2, 0.25) is 0 Å². The Bertz CT molecular complexity index is 739. The van der Waals surface area contributed by atoms with Gasteiger partial charge in [-0.3, -0.25) is 14.9 Å². The maximum absolute atomic E-state index is 12.3. The van der Waals surface area contributed by atoms with E-state index in [4.69, 9.17) is 0 Å². The molecular formula is C18H20N2O3. The zero-order valence-corrected chi connectivity index (χ0v) is 13.5. The zero-order chi connectivity index (χ0) is 17.0. The number of nitrogens with one attached hydrogen (secondary N) is 1. The van der Waals surface area contributed by atoms with E-state index >= 15 is 0 Å². The minimum atomic E-state index is -0.472. The highest BCUT2D eigenvalue weighted by atomic mass is 16.6. The molecule has 2 rings (SSSR count). The molecule has 0 bridgehead atoms. The fourth-order valence-electron chi connectivity index (χ4n) is 2.48. The van der Waals surface area contributed by atoms with Crippen LogP contribution in [-0.2, 0) is 6.54 Å². The van der Waals surface area contributed by atoms with E-state index in [2.05, 4.69) is 19.2 Å². The Labute approximate surface area is 135 Å². The maximum atomic E-state index is 12.3.